The smallest absolute Gasteiger partial charge is 0.200 e. The molecule has 0 bridgehead atoms. The molecule has 112 valence electrons. The summed E-state index contributed by atoms with van der Waals surface area (Å²) in [7, 11) is 0. The third-order valence-electron chi connectivity index (χ3n) is 3.04. The van der Waals surface area contributed by atoms with Gasteiger partial charge in [-0.15, -0.1) is 6.58 Å². The van der Waals surface area contributed by atoms with Crippen molar-refractivity contribution in [3.8, 4) is 0 Å². The summed E-state index contributed by atoms with van der Waals surface area (Å²) in [5.41, 5.74) is 4.60. The van der Waals surface area contributed by atoms with Crippen LogP contribution in [0, 0.1) is 29.1 Å². The first kappa shape index (κ1) is 16.6. The second-order valence-electron chi connectivity index (χ2n) is 4.52. The summed E-state index contributed by atoms with van der Waals surface area (Å²) in [5, 5.41) is 0. The van der Waals surface area contributed by atoms with Gasteiger partial charge in [0.1, 0.15) is 0 Å². The summed E-state index contributed by atoms with van der Waals surface area (Å²) in [5.74, 6) is -9.77. The van der Waals surface area contributed by atoms with Crippen molar-refractivity contribution in [3.05, 3.63) is 47.3 Å². The number of hydrogen-bond donors (Lipinski definition) is 1. The molecular formula is C14H16F5N. The molecule has 1 atom stereocenters. The zero-order chi connectivity index (χ0) is 15.3. The molecule has 0 aliphatic heterocycles. The molecule has 0 aliphatic carbocycles. The fourth-order valence-corrected chi connectivity index (χ4v) is 1.92. The van der Waals surface area contributed by atoms with Crippen molar-refractivity contribution in [2.45, 2.75) is 38.1 Å². The van der Waals surface area contributed by atoms with E-state index in [2.05, 4.69) is 6.58 Å². The van der Waals surface area contributed by atoms with Gasteiger partial charge in [0.05, 0.1) is 0 Å². The summed E-state index contributed by atoms with van der Waals surface area (Å²) in [4.78, 5) is 0. The minimum absolute atomic E-state index is 0.148. The lowest BCUT2D eigenvalue weighted by molar-refractivity contribution is 0.361. The maximum absolute atomic E-state index is 13.5. The van der Waals surface area contributed by atoms with Crippen LogP contribution in [0.25, 0.3) is 0 Å². The maximum atomic E-state index is 13.5. The summed E-state index contributed by atoms with van der Waals surface area (Å²) in [6.07, 6.45) is 4.81. The molecule has 1 unspecified atom stereocenters. The average Bonchev–Trinajstić information content (AvgIpc) is 2.43. The van der Waals surface area contributed by atoms with Gasteiger partial charge in [0.15, 0.2) is 23.3 Å². The second kappa shape index (κ2) is 7.38. The standard InChI is InChI=1S/C14H16F5N/c1-2-3-4-5-6-7-8(20)9-10(15)12(17)14(19)13(18)11(9)16/h2,8H,1,3-7,20H2. The number of hydrogen-bond acceptors (Lipinski definition) is 1. The van der Waals surface area contributed by atoms with E-state index in [1.807, 2.05) is 0 Å². The van der Waals surface area contributed by atoms with E-state index >= 15 is 0 Å². The molecular weight excluding hydrogens is 277 g/mol. The molecule has 6 heteroatoms. The van der Waals surface area contributed by atoms with Crippen molar-refractivity contribution in [2.24, 2.45) is 5.73 Å². The molecule has 0 heterocycles. The van der Waals surface area contributed by atoms with E-state index in [-0.39, 0.29) is 6.42 Å². The number of benzene rings is 1. The van der Waals surface area contributed by atoms with Crippen LogP contribution in [-0.4, -0.2) is 0 Å². The Labute approximate surface area is 114 Å². The van der Waals surface area contributed by atoms with Crippen molar-refractivity contribution >= 4 is 0 Å². The van der Waals surface area contributed by atoms with E-state index < -0.39 is 40.7 Å². The zero-order valence-electron chi connectivity index (χ0n) is 10.9. The molecule has 2 N–H and O–H groups in total. The fraction of sp³-hybridized carbons (Fsp3) is 0.429. The monoisotopic (exact) mass is 293 g/mol. The Morgan fingerprint density at radius 3 is 1.85 bits per heavy atom. The zero-order valence-corrected chi connectivity index (χ0v) is 10.9. The highest BCUT2D eigenvalue weighted by Gasteiger charge is 2.28. The lowest BCUT2D eigenvalue weighted by Crippen LogP contribution is -2.18. The first-order chi connectivity index (χ1) is 9.41. The predicted molar refractivity (Wildman–Crippen MR) is 66.4 cm³/mol. The minimum atomic E-state index is -2.16. The second-order valence-corrected chi connectivity index (χ2v) is 4.52. The first-order valence-electron chi connectivity index (χ1n) is 6.29. The molecule has 0 spiro atoms. The predicted octanol–water partition coefficient (Wildman–Crippen LogP) is 4.52. The van der Waals surface area contributed by atoms with E-state index in [1.54, 1.807) is 6.08 Å². The van der Waals surface area contributed by atoms with Crippen LogP contribution in [0.3, 0.4) is 0 Å². The van der Waals surface area contributed by atoms with Crippen LogP contribution in [-0.2, 0) is 0 Å². The molecule has 20 heavy (non-hydrogen) atoms. The first-order valence-corrected chi connectivity index (χ1v) is 6.29. The fourth-order valence-electron chi connectivity index (χ4n) is 1.92. The van der Waals surface area contributed by atoms with Crippen LogP contribution >= 0.6 is 0 Å². The molecule has 0 fully saturated rings. The van der Waals surface area contributed by atoms with E-state index in [9.17, 15) is 22.0 Å². The molecule has 0 saturated heterocycles. The molecule has 1 nitrogen and oxygen atoms in total. The Kier molecular flexibility index (Phi) is 6.13. The van der Waals surface area contributed by atoms with Gasteiger partial charge in [0.25, 0.3) is 0 Å². The average molecular weight is 293 g/mol. The number of nitrogens with two attached hydrogens (primary N) is 1. The quantitative estimate of drug-likeness (QED) is 0.258. The molecule has 1 aromatic rings. The van der Waals surface area contributed by atoms with Gasteiger partial charge in [-0.2, -0.15) is 0 Å². The summed E-state index contributed by atoms with van der Waals surface area (Å²) in [6.45, 7) is 3.55. The van der Waals surface area contributed by atoms with Gasteiger partial charge in [-0.1, -0.05) is 18.9 Å². The van der Waals surface area contributed by atoms with Gasteiger partial charge < -0.3 is 5.73 Å². The SMILES string of the molecule is C=CCCCCCC(N)c1c(F)c(F)c(F)c(F)c1F. The number of allylic oxidation sites excluding steroid dienone is 1. The van der Waals surface area contributed by atoms with Gasteiger partial charge in [-0.05, 0) is 19.3 Å². The number of rotatable bonds is 7. The van der Waals surface area contributed by atoms with E-state index in [0.717, 1.165) is 19.3 Å². The van der Waals surface area contributed by atoms with Crippen LogP contribution in [0.5, 0.6) is 0 Å². The molecule has 0 aromatic heterocycles. The highest BCUT2D eigenvalue weighted by molar-refractivity contribution is 5.26. The van der Waals surface area contributed by atoms with Gasteiger partial charge >= 0.3 is 0 Å². The normalized spacial score (nSPS) is 12.5. The van der Waals surface area contributed by atoms with Gasteiger partial charge in [0, 0.05) is 11.6 Å². The van der Waals surface area contributed by atoms with Crippen molar-refractivity contribution < 1.29 is 22.0 Å². The third kappa shape index (κ3) is 3.56. The van der Waals surface area contributed by atoms with Crippen LogP contribution in [0.2, 0.25) is 0 Å². The molecule has 0 radical (unpaired) electrons. The Morgan fingerprint density at radius 2 is 1.35 bits per heavy atom. The van der Waals surface area contributed by atoms with Crippen LogP contribution < -0.4 is 5.73 Å². The van der Waals surface area contributed by atoms with E-state index in [4.69, 9.17) is 5.73 Å². The van der Waals surface area contributed by atoms with Crippen molar-refractivity contribution in [2.75, 3.05) is 0 Å². The van der Waals surface area contributed by atoms with Crippen molar-refractivity contribution in [1.82, 2.24) is 0 Å². The molecule has 0 saturated carbocycles. The number of halogens is 5. The van der Waals surface area contributed by atoms with E-state index in [1.165, 1.54) is 0 Å². The minimum Gasteiger partial charge on any atom is -0.324 e. The molecule has 0 amide bonds. The Bertz CT molecular complexity index is 458. The maximum Gasteiger partial charge on any atom is 0.200 e. The lowest BCUT2D eigenvalue weighted by atomic mass is 9.99. The largest absolute Gasteiger partial charge is 0.324 e. The number of unbranched alkanes of at least 4 members (excludes halogenated alkanes) is 3. The highest BCUT2D eigenvalue weighted by atomic mass is 19.2. The summed E-state index contributed by atoms with van der Waals surface area (Å²) < 4.78 is 65.9. The van der Waals surface area contributed by atoms with Gasteiger partial charge in [-0.3, -0.25) is 0 Å². The molecule has 0 aliphatic rings. The Morgan fingerprint density at radius 1 is 0.850 bits per heavy atom. The molecule has 1 aromatic carbocycles. The van der Waals surface area contributed by atoms with E-state index in [0.29, 0.717) is 6.42 Å². The third-order valence-corrected chi connectivity index (χ3v) is 3.04. The van der Waals surface area contributed by atoms with Crippen LogP contribution in [0.4, 0.5) is 22.0 Å². The summed E-state index contributed by atoms with van der Waals surface area (Å²) in [6, 6.07) is -1.22. The Balaban J connectivity index is 2.83. The van der Waals surface area contributed by atoms with Gasteiger partial charge in [0.2, 0.25) is 5.82 Å². The highest BCUT2D eigenvalue weighted by Crippen LogP contribution is 2.29. The summed E-state index contributed by atoms with van der Waals surface area (Å²) >= 11 is 0. The van der Waals surface area contributed by atoms with Crippen molar-refractivity contribution in [3.63, 3.8) is 0 Å². The lowest BCUT2D eigenvalue weighted by Gasteiger charge is -2.15. The Hall–Kier alpha value is -1.43. The van der Waals surface area contributed by atoms with Gasteiger partial charge in [-0.25, -0.2) is 22.0 Å². The van der Waals surface area contributed by atoms with Crippen LogP contribution in [0.15, 0.2) is 12.7 Å². The molecule has 1 rings (SSSR count). The van der Waals surface area contributed by atoms with Crippen LogP contribution in [0.1, 0.15) is 43.7 Å². The van der Waals surface area contributed by atoms with Crippen molar-refractivity contribution in [1.29, 1.82) is 0 Å². The topological polar surface area (TPSA) is 26.0 Å².